The molecule has 1 N–H and O–H groups in total. The average Bonchev–Trinajstić information content (AvgIpc) is 2.44. The maximum atomic E-state index is 14.2. The van der Waals surface area contributed by atoms with E-state index in [0.717, 1.165) is 13.2 Å². The van der Waals surface area contributed by atoms with Crippen molar-refractivity contribution in [1.82, 2.24) is 0 Å². The third kappa shape index (κ3) is 2.98. The smallest absolute Gasteiger partial charge is 0.331 e. The molecule has 0 amide bonds. The Morgan fingerprint density at radius 1 is 1.23 bits per heavy atom. The van der Waals surface area contributed by atoms with Gasteiger partial charge in [0.2, 0.25) is 5.82 Å². The van der Waals surface area contributed by atoms with E-state index in [9.17, 15) is 23.3 Å². The molecule has 2 aromatic rings. The normalized spacial score (nSPS) is 10.4. The summed E-state index contributed by atoms with van der Waals surface area (Å²) in [5.41, 5.74) is -2.21. The number of ether oxygens (including phenoxy) is 1. The number of hydrogen-bond donors (Lipinski definition) is 1. The zero-order valence-corrected chi connectivity index (χ0v) is 12.6. The van der Waals surface area contributed by atoms with Crippen LogP contribution in [0.25, 0.3) is 0 Å². The Balaban J connectivity index is 2.62. The SMILES string of the molecule is COc1cc(F)c([N+](=O)[O-])c(Nc2ccc(Br)cc2F)c1F. The van der Waals surface area contributed by atoms with Gasteiger partial charge in [-0.3, -0.25) is 10.1 Å². The van der Waals surface area contributed by atoms with Gasteiger partial charge in [-0.2, -0.15) is 4.39 Å². The van der Waals surface area contributed by atoms with E-state index in [-0.39, 0.29) is 5.69 Å². The quantitative estimate of drug-likeness (QED) is 0.628. The second-order valence-corrected chi connectivity index (χ2v) is 5.02. The van der Waals surface area contributed by atoms with Crippen molar-refractivity contribution in [3.8, 4) is 5.75 Å². The molecule has 2 rings (SSSR count). The van der Waals surface area contributed by atoms with Gasteiger partial charge >= 0.3 is 5.69 Å². The maximum Gasteiger partial charge on any atom is 0.331 e. The molecule has 9 heteroatoms. The Kier molecular flexibility index (Phi) is 4.55. The van der Waals surface area contributed by atoms with Crippen molar-refractivity contribution in [3.63, 3.8) is 0 Å². The summed E-state index contributed by atoms with van der Waals surface area (Å²) in [4.78, 5) is 9.84. The van der Waals surface area contributed by atoms with Crippen molar-refractivity contribution >= 4 is 33.0 Å². The van der Waals surface area contributed by atoms with E-state index >= 15 is 0 Å². The van der Waals surface area contributed by atoms with E-state index in [1.54, 1.807) is 0 Å². The minimum atomic E-state index is -1.30. The number of anilines is 2. The molecule has 0 fully saturated rings. The van der Waals surface area contributed by atoms with Gasteiger partial charge in [-0.15, -0.1) is 0 Å². The first-order chi connectivity index (χ1) is 10.3. The third-order valence-electron chi connectivity index (χ3n) is 2.75. The van der Waals surface area contributed by atoms with Gasteiger partial charge in [0.15, 0.2) is 17.3 Å². The number of hydrogen-bond acceptors (Lipinski definition) is 4. The van der Waals surface area contributed by atoms with Crippen LogP contribution >= 0.6 is 15.9 Å². The van der Waals surface area contributed by atoms with Crippen molar-refractivity contribution < 1.29 is 22.8 Å². The van der Waals surface area contributed by atoms with Crippen molar-refractivity contribution in [2.24, 2.45) is 0 Å². The van der Waals surface area contributed by atoms with Gasteiger partial charge < -0.3 is 10.1 Å². The Labute approximate surface area is 131 Å². The molecular formula is C13H8BrF3N2O3. The minimum absolute atomic E-state index is 0.252. The fourth-order valence-corrected chi connectivity index (χ4v) is 2.09. The average molecular weight is 377 g/mol. The van der Waals surface area contributed by atoms with Crippen LogP contribution in [-0.2, 0) is 0 Å². The lowest BCUT2D eigenvalue weighted by molar-refractivity contribution is -0.386. The van der Waals surface area contributed by atoms with E-state index in [2.05, 4.69) is 26.0 Å². The van der Waals surface area contributed by atoms with E-state index in [4.69, 9.17) is 0 Å². The summed E-state index contributed by atoms with van der Waals surface area (Å²) in [6, 6.07) is 4.28. The number of nitro groups is 1. The van der Waals surface area contributed by atoms with Crippen LogP contribution < -0.4 is 10.1 Å². The molecule has 0 saturated carbocycles. The number of benzene rings is 2. The van der Waals surface area contributed by atoms with E-state index in [0.29, 0.717) is 10.5 Å². The number of nitrogens with zero attached hydrogens (tertiary/aromatic N) is 1. The molecule has 0 saturated heterocycles. The molecule has 0 aliphatic heterocycles. The Morgan fingerprint density at radius 3 is 2.45 bits per heavy atom. The lowest BCUT2D eigenvalue weighted by atomic mass is 10.2. The molecule has 0 spiro atoms. The fraction of sp³-hybridized carbons (Fsp3) is 0.0769. The third-order valence-corrected chi connectivity index (χ3v) is 3.24. The molecule has 0 unspecified atom stereocenters. The lowest BCUT2D eigenvalue weighted by Gasteiger charge is -2.12. The van der Waals surface area contributed by atoms with E-state index < -0.39 is 39.5 Å². The van der Waals surface area contributed by atoms with Gasteiger partial charge in [0, 0.05) is 10.5 Å². The fourth-order valence-electron chi connectivity index (χ4n) is 1.76. The first-order valence-electron chi connectivity index (χ1n) is 5.77. The number of nitrogens with one attached hydrogen (secondary N) is 1. The summed E-state index contributed by atoms with van der Waals surface area (Å²) in [5, 5.41) is 13.1. The number of halogens is 4. The van der Waals surface area contributed by atoms with Crippen LogP contribution in [0, 0.1) is 27.6 Å². The standard InChI is InChI=1S/C13H8BrF3N2O3/c1-22-10-5-8(16)13(19(20)21)12(11(10)17)18-9-3-2-6(14)4-7(9)15/h2-5,18H,1H3. The van der Waals surface area contributed by atoms with Gasteiger partial charge in [-0.1, -0.05) is 15.9 Å². The summed E-state index contributed by atoms with van der Waals surface area (Å²) in [5.74, 6) is -3.84. The van der Waals surface area contributed by atoms with Crippen LogP contribution in [0.1, 0.15) is 0 Å². The molecular weight excluding hydrogens is 369 g/mol. The molecule has 5 nitrogen and oxygen atoms in total. The van der Waals surface area contributed by atoms with Crippen LogP contribution in [-0.4, -0.2) is 12.0 Å². The largest absolute Gasteiger partial charge is 0.493 e. The highest BCUT2D eigenvalue weighted by atomic mass is 79.9. The summed E-state index contributed by atoms with van der Waals surface area (Å²) >= 11 is 3.04. The first-order valence-corrected chi connectivity index (χ1v) is 6.57. The second kappa shape index (κ2) is 6.22. The molecule has 0 bridgehead atoms. The van der Waals surface area contributed by atoms with Crippen LogP contribution in [0.3, 0.4) is 0 Å². The Bertz CT molecular complexity index is 756. The van der Waals surface area contributed by atoms with Gasteiger partial charge in [-0.05, 0) is 18.2 Å². The molecule has 0 radical (unpaired) electrons. The molecule has 0 atom stereocenters. The highest BCUT2D eigenvalue weighted by Crippen LogP contribution is 2.38. The summed E-state index contributed by atoms with van der Waals surface area (Å²) < 4.78 is 46.7. The van der Waals surface area contributed by atoms with Crippen LogP contribution in [0.4, 0.5) is 30.2 Å². The second-order valence-electron chi connectivity index (χ2n) is 4.10. The van der Waals surface area contributed by atoms with Gasteiger partial charge in [0.1, 0.15) is 5.82 Å². The monoisotopic (exact) mass is 376 g/mol. The summed E-state index contributed by atoms with van der Waals surface area (Å²) in [7, 11) is 1.08. The van der Waals surface area contributed by atoms with Crippen molar-refractivity contribution in [2.45, 2.75) is 0 Å². The highest BCUT2D eigenvalue weighted by molar-refractivity contribution is 9.10. The van der Waals surface area contributed by atoms with Crippen molar-refractivity contribution in [3.05, 3.63) is 56.3 Å². The van der Waals surface area contributed by atoms with Gasteiger partial charge in [0.05, 0.1) is 17.7 Å². The maximum absolute atomic E-state index is 14.2. The van der Waals surface area contributed by atoms with E-state index in [1.165, 1.54) is 12.1 Å². The van der Waals surface area contributed by atoms with Gasteiger partial charge in [0.25, 0.3) is 0 Å². The number of nitro benzene ring substituents is 1. The first kappa shape index (κ1) is 16.1. The van der Waals surface area contributed by atoms with Crippen molar-refractivity contribution in [2.75, 3.05) is 12.4 Å². The molecule has 0 aliphatic rings. The molecule has 0 heterocycles. The topological polar surface area (TPSA) is 64.4 Å². The Morgan fingerprint density at radius 2 is 1.91 bits per heavy atom. The summed E-state index contributed by atoms with van der Waals surface area (Å²) in [6.07, 6.45) is 0. The summed E-state index contributed by atoms with van der Waals surface area (Å²) in [6.45, 7) is 0. The minimum Gasteiger partial charge on any atom is -0.493 e. The van der Waals surface area contributed by atoms with E-state index in [1.807, 2.05) is 0 Å². The molecule has 116 valence electrons. The van der Waals surface area contributed by atoms with Crippen LogP contribution in [0.15, 0.2) is 28.7 Å². The van der Waals surface area contributed by atoms with Crippen molar-refractivity contribution in [1.29, 1.82) is 0 Å². The molecule has 2 aromatic carbocycles. The van der Waals surface area contributed by atoms with Gasteiger partial charge in [-0.25, -0.2) is 8.78 Å². The zero-order valence-electron chi connectivity index (χ0n) is 11.0. The predicted molar refractivity (Wildman–Crippen MR) is 76.9 cm³/mol. The number of methoxy groups -OCH3 is 1. The predicted octanol–water partition coefficient (Wildman–Crippen LogP) is 4.53. The van der Waals surface area contributed by atoms with Crippen LogP contribution in [0.2, 0.25) is 0 Å². The molecule has 0 aromatic heterocycles. The van der Waals surface area contributed by atoms with Crippen LogP contribution in [0.5, 0.6) is 5.75 Å². The molecule has 0 aliphatic carbocycles. The highest BCUT2D eigenvalue weighted by Gasteiger charge is 2.28. The Hall–Kier alpha value is -2.29. The zero-order chi connectivity index (χ0) is 16.4. The molecule has 22 heavy (non-hydrogen) atoms. The number of rotatable bonds is 4. The lowest BCUT2D eigenvalue weighted by Crippen LogP contribution is -2.05.